The number of nitrogens with one attached hydrogen (secondary N) is 2. The average Bonchev–Trinajstić information content (AvgIpc) is 2.86. The van der Waals surface area contributed by atoms with Crippen LogP contribution < -0.4 is 10.6 Å². The molecule has 1 unspecified atom stereocenters. The number of hydrogen-bond acceptors (Lipinski definition) is 3. The molecule has 1 aromatic carbocycles. The zero-order valence-electron chi connectivity index (χ0n) is 14.5. The molecule has 0 aliphatic carbocycles. The highest BCUT2D eigenvalue weighted by Gasteiger charge is 2.13. The number of aryl methyl sites for hydroxylation is 1. The number of hydrogen-bond donors (Lipinski definition) is 3. The highest BCUT2D eigenvalue weighted by Crippen LogP contribution is 2.17. The van der Waals surface area contributed by atoms with Gasteiger partial charge in [-0.2, -0.15) is 5.10 Å². The van der Waals surface area contributed by atoms with Gasteiger partial charge in [-0.25, -0.2) is 9.48 Å². The first-order valence-corrected chi connectivity index (χ1v) is 8.26. The lowest BCUT2D eigenvalue weighted by Crippen LogP contribution is -2.37. The van der Waals surface area contributed by atoms with E-state index in [0.29, 0.717) is 19.5 Å². The van der Waals surface area contributed by atoms with Gasteiger partial charge in [0.15, 0.2) is 0 Å². The third kappa shape index (κ3) is 4.58. The molecule has 0 fully saturated rings. The van der Waals surface area contributed by atoms with Crippen LogP contribution in [-0.4, -0.2) is 34.1 Å². The van der Waals surface area contributed by atoms with Crippen LogP contribution in [0.4, 0.5) is 4.79 Å². The van der Waals surface area contributed by atoms with Crippen LogP contribution in [0.2, 0.25) is 0 Å². The molecule has 2 rings (SSSR count). The molecule has 1 atom stereocenters. The second-order valence-corrected chi connectivity index (χ2v) is 6.08. The van der Waals surface area contributed by atoms with Gasteiger partial charge >= 0.3 is 6.03 Å². The fourth-order valence-electron chi connectivity index (χ4n) is 2.57. The van der Waals surface area contributed by atoms with E-state index in [9.17, 15) is 4.79 Å². The summed E-state index contributed by atoms with van der Waals surface area (Å²) in [4.78, 5) is 11.9. The van der Waals surface area contributed by atoms with Crippen LogP contribution in [0, 0.1) is 19.8 Å². The van der Waals surface area contributed by atoms with Gasteiger partial charge in [0.2, 0.25) is 0 Å². The van der Waals surface area contributed by atoms with Gasteiger partial charge in [-0.15, -0.1) is 0 Å². The number of rotatable bonds is 7. The molecule has 0 bridgehead atoms. The fraction of sp³-hybridized carbons (Fsp3) is 0.444. The van der Waals surface area contributed by atoms with Crippen molar-refractivity contribution in [3.63, 3.8) is 0 Å². The predicted octanol–water partition coefficient (Wildman–Crippen LogP) is 2.31. The van der Waals surface area contributed by atoms with E-state index in [2.05, 4.69) is 15.7 Å². The summed E-state index contributed by atoms with van der Waals surface area (Å²) >= 11 is 0. The number of urea groups is 1. The zero-order chi connectivity index (χ0) is 17.5. The molecule has 1 aromatic heterocycles. The van der Waals surface area contributed by atoms with Gasteiger partial charge in [-0.1, -0.05) is 25.1 Å². The van der Waals surface area contributed by atoms with Gasteiger partial charge in [-0.3, -0.25) is 0 Å². The van der Waals surface area contributed by atoms with E-state index in [0.717, 1.165) is 22.6 Å². The van der Waals surface area contributed by atoms with Crippen LogP contribution in [0.15, 0.2) is 30.3 Å². The summed E-state index contributed by atoms with van der Waals surface area (Å²) in [5, 5.41) is 19.2. The van der Waals surface area contributed by atoms with E-state index in [1.807, 2.05) is 55.8 Å². The quantitative estimate of drug-likeness (QED) is 0.729. The van der Waals surface area contributed by atoms with Gasteiger partial charge in [0.05, 0.1) is 11.4 Å². The van der Waals surface area contributed by atoms with Gasteiger partial charge in [0.1, 0.15) is 0 Å². The number of para-hydroxylation sites is 1. The summed E-state index contributed by atoms with van der Waals surface area (Å²) in [5.41, 5.74) is 3.96. The van der Waals surface area contributed by atoms with Crippen LogP contribution >= 0.6 is 0 Å². The van der Waals surface area contributed by atoms with Gasteiger partial charge in [0.25, 0.3) is 0 Å². The van der Waals surface area contributed by atoms with Crippen LogP contribution in [0.25, 0.3) is 5.69 Å². The largest absolute Gasteiger partial charge is 0.396 e. The lowest BCUT2D eigenvalue weighted by atomic mass is 10.1. The Labute approximate surface area is 142 Å². The minimum atomic E-state index is -0.203. The minimum absolute atomic E-state index is 0.140. The van der Waals surface area contributed by atoms with Crippen LogP contribution in [-0.2, 0) is 6.54 Å². The van der Waals surface area contributed by atoms with E-state index in [-0.39, 0.29) is 18.6 Å². The maximum Gasteiger partial charge on any atom is 0.315 e. The van der Waals surface area contributed by atoms with Crippen LogP contribution in [0.1, 0.15) is 30.3 Å². The Kier molecular flexibility index (Phi) is 6.37. The molecule has 1 heterocycles. The third-order valence-electron chi connectivity index (χ3n) is 4.10. The first-order chi connectivity index (χ1) is 11.5. The topological polar surface area (TPSA) is 79.2 Å². The zero-order valence-corrected chi connectivity index (χ0v) is 14.5. The van der Waals surface area contributed by atoms with E-state index >= 15 is 0 Å². The summed E-state index contributed by atoms with van der Waals surface area (Å²) in [7, 11) is 0. The Bertz CT molecular complexity index is 667. The molecule has 6 heteroatoms. The average molecular weight is 330 g/mol. The highest BCUT2D eigenvalue weighted by atomic mass is 16.3. The molecular formula is C18H26N4O2. The number of amides is 2. The van der Waals surface area contributed by atoms with E-state index in [1.54, 1.807) is 0 Å². The molecule has 24 heavy (non-hydrogen) atoms. The van der Waals surface area contributed by atoms with Crippen molar-refractivity contribution in [2.45, 2.75) is 33.7 Å². The Morgan fingerprint density at radius 2 is 1.96 bits per heavy atom. The van der Waals surface area contributed by atoms with E-state index in [4.69, 9.17) is 5.11 Å². The second kappa shape index (κ2) is 8.49. The molecule has 0 saturated heterocycles. The maximum absolute atomic E-state index is 11.9. The van der Waals surface area contributed by atoms with E-state index in [1.165, 1.54) is 0 Å². The van der Waals surface area contributed by atoms with Crippen molar-refractivity contribution < 1.29 is 9.90 Å². The molecule has 0 spiro atoms. The van der Waals surface area contributed by atoms with Gasteiger partial charge < -0.3 is 15.7 Å². The molecule has 2 amide bonds. The number of benzene rings is 1. The van der Waals surface area contributed by atoms with Crippen molar-refractivity contribution >= 4 is 6.03 Å². The van der Waals surface area contributed by atoms with Crippen LogP contribution in [0.3, 0.4) is 0 Å². The van der Waals surface area contributed by atoms with Crippen LogP contribution in [0.5, 0.6) is 0 Å². The first kappa shape index (κ1) is 18.0. The maximum atomic E-state index is 11.9. The van der Waals surface area contributed by atoms with Gasteiger partial charge in [0, 0.05) is 31.0 Å². The van der Waals surface area contributed by atoms with Crippen molar-refractivity contribution in [1.29, 1.82) is 0 Å². The number of carbonyl (C=O) groups excluding carboxylic acids is 1. The summed E-state index contributed by atoms with van der Waals surface area (Å²) in [6.07, 6.45) is 0.683. The Balaban J connectivity index is 1.96. The normalized spacial score (nSPS) is 12.0. The monoisotopic (exact) mass is 330 g/mol. The number of aliphatic hydroxyl groups excluding tert-OH is 1. The van der Waals surface area contributed by atoms with Crippen molar-refractivity contribution in [1.82, 2.24) is 20.4 Å². The third-order valence-corrected chi connectivity index (χ3v) is 4.10. The molecule has 0 radical (unpaired) electrons. The number of aliphatic hydroxyl groups is 1. The number of carbonyl (C=O) groups is 1. The lowest BCUT2D eigenvalue weighted by Gasteiger charge is -2.12. The smallest absolute Gasteiger partial charge is 0.315 e. The highest BCUT2D eigenvalue weighted by molar-refractivity contribution is 5.73. The van der Waals surface area contributed by atoms with Crippen molar-refractivity contribution in [2.75, 3.05) is 13.2 Å². The standard InChI is InChI=1S/C18H26N4O2/c1-13(9-10-23)11-19-18(24)20-12-17-14(2)21-22(15(17)3)16-7-5-4-6-8-16/h4-8,13,23H,9-12H2,1-3H3,(H2,19,20,24). The summed E-state index contributed by atoms with van der Waals surface area (Å²) < 4.78 is 1.90. The molecule has 0 aliphatic heterocycles. The second-order valence-electron chi connectivity index (χ2n) is 6.08. The number of nitrogens with zero attached hydrogens (tertiary/aromatic N) is 2. The molecule has 0 saturated carbocycles. The molecule has 2 aromatic rings. The Morgan fingerprint density at radius 3 is 2.62 bits per heavy atom. The molecule has 6 nitrogen and oxygen atoms in total. The molecule has 0 aliphatic rings. The fourth-order valence-corrected chi connectivity index (χ4v) is 2.57. The predicted molar refractivity (Wildman–Crippen MR) is 94.1 cm³/mol. The molecule has 130 valence electrons. The first-order valence-electron chi connectivity index (χ1n) is 8.26. The Hall–Kier alpha value is -2.34. The minimum Gasteiger partial charge on any atom is -0.396 e. The summed E-state index contributed by atoms with van der Waals surface area (Å²) in [6, 6.07) is 9.73. The molecular weight excluding hydrogens is 304 g/mol. The van der Waals surface area contributed by atoms with Gasteiger partial charge in [-0.05, 0) is 38.3 Å². The number of aromatic nitrogens is 2. The Morgan fingerprint density at radius 1 is 1.25 bits per heavy atom. The summed E-state index contributed by atoms with van der Waals surface area (Å²) in [5.74, 6) is 0.255. The van der Waals surface area contributed by atoms with Crippen molar-refractivity contribution in [3.8, 4) is 5.69 Å². The SMILES string of the molecule is Cc1nn(-c2ccccc2)c(C)c1CNC(=O)NCC(C)CCO. The lowest BCUT2D eigenvalue weighted by molar-refractivity contribution is 0.233. The van der Waals surface area contributed by atoms with Crippen molar-refractivity contribution in [2.24, 2.45) is 5.92 Å². The van der Waals surface area contributed by atoms with Crippen molar-refractivity contribution in [3.05, 3.63) is 47.3 Å². The van der Waals surface area contributed by atoms with E-state index < -0.39 is 0 Å². The molecule has 3 N–H and O–H groups in total. The summed E-state index contributed by atoms with van der Waals surface area (Å²) in [6.45, 7) is 7.07.